The van der Waals surface area contributed by atoms with Crippen molar-refractivity contribution in [3.05, 3.63) is 53.8 Å². The van der Waals surface area contributed by atoms with Gasteiger partial charge in [0.15, 0.2) is 0 Å². The lowest BCUT2D eigenvalue weighted by molar-refractivity contribution is 0.415. The van der Waals surface area contributed by atoms with Crippen LogP contribution in [0.1, 0.15) is 5.56 Å². The van der Waals surface area contributed by atoms with Crippen LogP contribution in [0, 0.1) is 5.82 Å². The molecule has 100 valence electrons. The van der Waals surface area contributed by atoms with Gasteiger partial charge in [-0.25, -0.2) is 4.39 Å². The minimum absolute atomic E-state index is 0.126. The Labute approximate surface area is 117 Å². The number of methoxy groups -OCH3 is 1. The van der Waals surface area contributed by atoms with Gasteiger partial charge in [0.1, 0.15) is 11.6 Å². The molecule has 0 N–H and O–H groups in total. The highest BCUT2D eigenvalue weighted by Gasteiger charge is 2.15. The summed E-state index contributed by atoms with van der Waals surface area (Å²) in [5, 5.41) is 0. The van der Waals surface area contributed by atoms with E-state index in [2.05, 4.69) is 0 Å². The fraction of sp³-hybridized carbons (Fsp3) is 0.200. The second-order valence-electron chi connectivity index (χ2n) is 4.10. The van der Waals surface area contributed by atoms with Gasteiger partial charge in [-0.2, -0.15) is 0 Å². The summed E-state index contributed by atoms with van der Waals surface area (Å²) in [7, 11) is 3.48. The molecule has 0 spiro atoms. The monoisotopic (exact) mass is 279 g/mol. The Morgan fingerprint density at radius 2 is 1.79 bits per heavy atom. The third kappa shape index (κ3) is 2.66. The van der Waals surface area contributed by atoms with Crippen LogP contribution < -0.4 is 9.64 Å². The van der Waals surface area contributed by atoms with Crippen LogP contribution in [-0.2, 0) is 5.88 Å². The van der Waals surface area contributed by atoms with E-state index in [4.69, 9.17) is 16.3 Å². The Morgan fingerprint density at radius 1 is 1.11 bits per heavy atom. The molecule has 0 saturated carbocycles. The van der Waals surface area contributed by atoms with Crippen LogP contribution in [0.3, 0.4) is 0 Å². The summed E-state index contributed by atoms with van der Waals surface area (Å²) < 4.78 is 19.1. The molecule has 0 fully saturated rings. The minimum Gasteiger partial charge on any atom is -0.495 e. The van der Waals surface area contributed by atoms with Crippen molar-refractivity contribution in [3.8, 4) is 5.75 Å². The van der Waals surface area contributed by atoms with E-state index in [1.54, 1.807) is 13.2 Å². The molecule has 0 aromatic heterocycles. The van der Waals surface area contributed by atoms with Crippen LogP contribution in [0.2, 0.25) is 0 Å². The highest BCUT2D eigenvalue weighted by Crippen LogP contribution is 2.35. The van der Waals surface area contributed by atoms with E-state index in [1.807, 2.05) is 42.3 Å². The summed E-state index contributed by atoms with van der Waals surface area (Å²) in [5.74, 6) is 0.561. The van der Waals surface area contributed by atoms with Gasteiger partial charge in [0.25, 0.3) is 0 Å². The number of benzene rings is 2. The molecule has 0 unspecified atom stereocenters. The first-order chi connectivity index (χ1) is 9.19. The maximum absolute atomic E-state index is 13.8. The Hall–Kier alpha value is -1.74. The molecule has 0 heterocycles. The van der Waals surface area contributed by atoms with Crippen molar-refractivity contribution in [1.82, 2.24) is 0 Å². The minimum atomic E-state index is -0.297. The predicted octanol–water partition coefficient (Wildman–Crippen LogP) is 4.34. The molecule has 4 heteroatoms. The van der Waals surface area contributed by atoms with E-state index >= 15 is 0 Å². The number of nitrogens with zero attached hydrogens (tertiary/aromatic N) is 1. The zero-order valence-electron chi connectivity index (χ0n) is 10.9. The average molecular weight is 280 g/mol. The van der Waals surface area contributed by atoms with Crippen molar-refractivity contribution in [2.45, 2.75) is 5.88 Å². The molecule has 0 bridgehead atoms. The number of alkyl halides is 1. The normalized spacial score (nSPS) is 10.3. The summed E-state index contributed by atoms with van der Waals surface area (Å²) in [4.78, 5) is 1.87. The summed E-state index contributed by atoms with van der Waals surface area (Å²) in [6, 6.07) is 12.5. The van der Waals surface area contributed by atoms with E-state index in [1.165, 1.54) is 6.07 Å². The Kier molecular flexibility index (Phi) is 4.27. The Bertz CT molecular complexity index is 574. The summed E-state index contributed by atoms with van der Waals surface area (Å²) in [6.45, 7) is 0. The standard InChI is InChI=1S/C15H15ClFNO/c1-18(14-7-3-4-9-15(14)19-2)13-8-5-6-12(17)11(13)10-16/h3-9H,10H2,1-2H3. The number of rotatable bonds is 4. The van der Waals surface area contributed by atoms with Gasteiger partial charge in [0, 0.05) is 18.3 Å². The molecule has 0 saturated heterocycles. The van der Waals surface area contributed by atoms with E-state index in [0.29, 0.717) is 5.56 Å². The van der Waals surface area contributed by atoms with Crippen molar-refractivity contribution in [2.75, 3.05) is 19.1 Å². The maximum atomic E-state index is 13.8. The second-order valence-corrected chi connectivity index (χ2v) is 4.37. The van der Waals surface area contributed by atoms with Gasteiger partial charge in [-0.15, -0.1) is 11.6 Å². The smallest absolute Gasteiger partial charge is 0.142 e. The Morgan fingerprint density at radius 3 is 2.47 bits per heavy atom. The molecular weight excluding hydrogens is 265 g/mol. The number of anilines is 2. The topological polar surface area (TPSA) is 12.5 Å². The zero-order valence-corrected chi connectivity index (χ0v) is 11.6. The van der Waals surface area contributed by atoms with Crippen LogP contribution in [0.25, 0.3) is 0 Å². The first-order valence-electron chi connectivity index (χ1n) is 5.89. The first kappa shape index (κ1) is 13.7. The van der Waals surface area contributed by atoms with E-state index in [-0.39, 0.29) is 11.7 Å². The third-order valence-corrected chi connectivity index (χ3v) is 3.30. The highest BCUT2D eigenvalue weighted by atomic mass is 35.5. The van der Waals surface area contributed by atoms with Gasteiger partial charge in [-0.1, -0.05) is 18.2 Å². The van der Waals surface area contributed by atoms with E-state index in [9.17, 15) is 4.39 Å². The van der Waals surface area contributed by atoms with Crippen molar-refractivity contribution in [2.24, 2.45) is 0 Å². The molecular formula is C15H15ClFNO. The molecule has 2 aromatic rings. The SMILES string of the molecule is COc1ccccc1N(C)c1cccc(F)c1CCl. The third-order valence-electron chi connectivity index (χ3n) is 3.04. The maximum Gasteiger partial charge on any atom is 0.142 e. The lowest BCUT2D eigenvalue weighted by atomic mass is 10.1. The lowest BCUT2D eigenvalue weighted by Crippen LogP contribution is -2.13. The summed E-state index contributed by atoms with van der Waals surface area (Å²) in [6.07, 6.45) is 0. The fourth-order valence-electron chi connectivity index (χ4n) is 2.03. The fourth-order valence-corrected chi connectivity index (χ4v) is 2.30. The predicted molar refractivity (Wildman–Crippen MR) is 77.0 cm³/mol. The summed E-state index contributed by atoms with van der Waals surface area (Å²) >= 11 is 5.84. The van der Waals surface area contributed by atoms with Crippen molar-refractivity contribution < 1.29 is 9.13 Å². The quantitative estimate of drug-likeness (QED) is 0.772. The number of hydrogen-bond acceptors (Lipinski definition) is 2. The van der Waals surface area contributed by atoms with Crippen LogP contribution in [-0.4, -0.2) is 14.2 Å². The van der Waals surface area contributed by atoms with Gasteiger partial charge < -0.3 is 9.64 Å². The molecule has 2 nitrogen and oxygen atoms in total. The van der Waals surface area contributed by atoms with Gasteiger partial charge >= 0.3 is 0 Å². The van der Waals surface area contributed by atoms with Crippen molar-refractivity contribution >= 4 is 23.0 Å². The molecule has 0 radical (unpaired) electrons. The highest BCUT2D eigenvalue weighted by molar-refractivity contribution is 6.17. The second kappa shape index (κ2) is 5.93. The molecule has 0 atom stereocenters. The van der Waals surface area contributed by atoms with Gasteiger partial charge in [-0.05, 0) is 24.3 Å². The van der Waals surface area contributed by atoms with E-state index < -0.39 is 0 Å². The molecule has 2 aromatic carbocycles. The molecule has 0 aliphatic carbocycles. The van der Waals surface area contributed by atoms with Crippen LogP contribution >= 0.6 is 11.6 Å². The lowest BCUT2D eigenvalue weighted by Gasteiger charge is -2.24. The zero-order chi connectivity index (χ0) is 13.8. The average Bonchev–Trinajstić information content (AvgIpc) is 2.46. The number of para-hydroxylation sites is 2. The van der Waals surface area contributed by atoms with Crippen molar-refractivity contribution in [1.29, 1.82) is 0 Å². The number of ether oxygens (including phenoxy) is 1. The van der Waals surface area contributed by atoms with Crippen molar-refractivity contribution in [3.63, 3.8) is 0 Å². The molecule has 2 rings (SSSR count). The molecule has 19 heavy (non-hydrogen) atoms. The summed E-state index contributed by atoms with van der Waals surface area (Å²) in [5.41, 5.74) is 2.08. The number of halogens is 2. The van der Waals surface area contributed by atoms with E-state index in [0.717, 1.165) is 17.1 Å². The van der Waals surface area contributed by atoms with Crippen LogP contribution in [0.5, 0.6) is 5.75 Å². The van der Waals surface area contributed by atoms with Gasteiger partial charge in [0.2, 0.25) is 0 Å². The van der Waals surface area contributed by atoms with Gasteiger partial charge in [0.05, 0.1) is 18.7 Å². The number of hydrogen-bond donors (Lipinski definition) is 0. The molecule has 0 aliphatic heterocycles. The van der Waals surface area contributed by atoms with Crippen LogP contribution in [0.4, 0.5) is 15.8 Å². The first-order valence-corrected chi connectivity index (χ1v) is 6.42. The van der Waals surface area contributed by atoms with Crippen LogP contribution in [0.15, 0.2) is 42.5 Å². The molecule has 0 aliphatic rings. The molecule has 0 amide bonds. The largest absolute Gasteiger partial charge is 0.495 e. The Balaban J connectivity index is 2.50. The van der Waals surface area contributed by atoms with Gasteiger partial charge in [-0.3, -0.25) is 0 Å².